The van der Waals surface area contributed by atoms with Gasteiger partial charge in [0.25, 0.3) is 0 Å². The number of hydrogen-bond acceptors (Lipinski definition) is 11. The first-order chi connectivity index (χ1) is 36.2. The Labute approximate surface area is 433 Å². The molecule has 3 aromatic heterocycles. The van der Waals surface area contributed by atoms with Crippen LogP contribution in [0.15, 0.2) is 126 Å². The van der Waals surface area contributed by atoms with Crippen LogP contribution in [-0.4, -0.2) is 111 Å². The highest BCUT2D eigenvalue weighted by molar-refractivity contribution is 6.09. The molecule has 2 amide bonds. The number of rotatable bonds is 12. The number of hydrogen-bond donors (Lipinski definition) is 2. The van der Waals surface area contributed by atoms with Gasteiger partial charge in [0, 0.05) is 77.5 Å². The second-order valence-electron chi connectivity index (χ2n) is 17.4. The smallest absolute Gasteiger partial charge is 0.210 e. The van der Waals surface area contributed by atoms with Gasteiger partial charge in [0.15, 0.2) is 0 Å². The van der Waals surface area contributed by atoms with Crippen molar-refractivity contribution in [2.45, 2.75) is 91.8 Å². The third kappa shape index (κ3) is 14.8. The number of aliphatic imine (C=N–C) groups is 2. The number of amides is 2. The molecule has 7 heterocycles. The zero-order chi connectivity index (χ0) is 52.7. The fourth-order valence-electron chi connectivity index (χ4n) is 8.87. The number of nitrogens with two attached hydrogens (primary N) is 2. The van der Waals surface area contributed by atoms with Gasteiger partial charge in [-0.15, -0.1) is 0 Å². The number of carbonyl (C=O) groups is 2. The molecule has 2 fully saturated rings. The average Bonchev–Trinajstić information content (AvgIpc) is 4.26. The fourth-order valence-corrected chi connectivity index (χ4v) is 8.87. The lowest BCUT2D eigenvalue weighted by atomic mass is 10.1. The van der Waals surface area contributed by atoms with Crippen LogP contribution in [0.5, 0.6) is 0 Å². The van der Waals surface area contributed by atoms with E-state index < -0.39 is 0 Å². The molecular formula is C57H69F2N11O4. The summed E-state index contributed by atoms with van der Waals surface area (Å²) < 4.78 is 42.1. The summed E-state index contributed by atoms with van der Waals surface area (Å²) in [4.78, 5) is 38.3. The predicted octanol–water partition coefficient (Wildman–Crippen LogP) is 8.83. The van der Waals surface area contributed by atoms with E-state index in [1.54, 1.807) is 49.1 Å². The Hall–Kier alpha value is -7.63. The highest BCUT2D eigenvalue weighted by Crippen LogP contribution is 2.30. The van der Waals surface area contributed by atoms with Crippen LogP contribution >= 0.6 is 0 Å². The quantitative estimate of drug-likeness (QED) is 0.0893. The minimum absolute atomic E-state index is 0.219. The van der Waals surface area contributed by atoms with E-state index in [4.69, 9.17) is 20.9 Å². The van der Waals surface area contributed by atoms with Gasteiger partial charge in [-0.3, -0.25) is 33.9 Å². The predicted molar refractivity (Wildman–Crippen MR) is 289 cm³/mol. The molecule has 4 aliphatic heterocycles. The normalized spacial score (nSPS) is 17.2. The number of allylic oxidation sites excluding steroid dienone is 2. The lowest BCUT2D eigenvalue weighted by Gasteiger charge is -2.17. The van der Waals surface area contributed by atoms with E-state index in [0.717, 1.165) is 121 Å². The number of fused-ring (bicyclic) bond motifs is 2. The SMILES string of the molecule is CC.Cc1c(-c2ccccc2F)nn2c1COCC2.Cc1c(-c2ccccc2F)nn2c1COCC2.N/C=C(\C=NCC1CCCN1C=O)c1ccccn1.N/C=C(\C=NC[C@@H]1CCCN1C=O)c1ccccc1. The van der Waals surface area contributed by atoms with E-state index >= 15 is 0 Å². The molecule has 6 aromatic rings. The van der Waals surface area contributed by atoms with E-state index in [2.05, 4.69) is 25.2 Å². The molecule has 0 bridgehead atoms. The number of ether oxygens (including phenoxy) is 2. The van der Waals surface area contributed by atoms with Crippen LogP contribution in [0.25, 0.3) is 33.7 Å². The van der Waals surface area contributed by atoms with Crippen molar-refractivity contribution in [3.63, 3.8) is 0 Å². The molecule has 0 aliphatic carbocycles. The molecule has 2 atom stereocenters. The van der Waals surface area contributed by atoms with Gasteiger partial charge in [0.1, 0.15) is 11.6 Å². The molecule has 74 heavy (non-hydrogen) atoms. The van der Waals surface area contributed by atoms with Crippen LogP contribution in [0.1, 0.15) is 73.3 Å². The van der Waals surface area contributed by atoms with Crippen molar-refractivity contribution in [1.29, 1.82) is 0 Å². The molecule has 390 valence electrons. The molecular weight excluding hydrogens is 941 g/mol. The first kappa shape index (κ1) is 55.7. The highest BCUT2D eigenvalue weighted by atomic mass is 19.1. The van der Waals surface area contributed by atoms with Crippen molar-refractivity contribution in [3.8, 4) is 22.5 Å². The van der Waals surface area contributed by atoms with Crippen molar-refractivity contribution in [1.82, 2.24) is 34.3 Å². The number of pyridine rings is 1. The molecule has 17 heteroatoms. The second kappa shape index (κ2) is 29.2. The highest BCUT2D eigenvalue weighted by Gasteiger charge is 2.24. The topological polar surface area (TPSA) is 184 Å². The molecule has 4 N–H and O–H groups in total. The van der Waals surface area contributed by atoms with Gasteiger partial charge in [-0.25, -0.2) is 8.78 Å². The van der Waals surface area contributed by atoms with Crippen molar-refractivity contribution >= 4 is 36.4 Å². The largest absolute Gasteiger partial charge is 0.404 e. The summed E-state index contributed by atoms with van der Waals surface area (Å²) in [6, 6.07) is 29.5. The fraction of sp³-hybridized carbons (Fsp3) is 0.351. The number of halogens is 2. The first-order valence-electron chi connectivity index (χ1n) is 25.2. The molecule has 0 saturated carbocycles. The minimum Gasteiger partial charge on any atom is -0.404 e. The summed E-state index contributed by atoms with van der Waals surface area (Å²) in [6.07, 6.45) is 14.3. The van der Waals surface area contributed by atoms with Crippen LogP contribution in [-0.2, 0) is 45.4 Å². The monoisotopic (exact) mass is 1010 g/mol. The van der Waals surface area contributed by atoms with E-state index in [-0.39, 0.29) is 23.7 Å². The summed E-state index contributed by atoms with van der Waals surface area (Å²) in [5, 5.41) is 8.96. The number of likely N-dealkylation sites (tertiary alicyclic amines) is 2. The summed E-state index contributed by atoms with van der Waals surface area (Å²) >= 11 is 0. The van der Waals surface area contributed by atoms with Crippen LogP contribution in [0, 0.1) is 25.5 Å². The maximum Gasteiger partial charge on any atom is 0.210 e. The third-order valence-electron chi connectivity index (χ3n) is 12.9. The standard InChI is InChI=1S/C15H19N3O.C14H18N4O.2C13H13FN2O.C2H6/c16-9-14(13-5-2-1-3-6-13)10-17-11-15-7-4-8-18(15)12-19;15-8-12(14-5-1-2-6-17-14)9-16-10-13-4-3-7-18(13)11-19;2*1-9-12-8-17-7-6-16(12)15-13(9)10-4-2-3-5-11(10)14;1-2/h1-3,5-6,9-10,12,15H,4,7-8,11,16H2;1-2,5-6,8-9,11,13H,3-4,7,10,15H2;2*2-5H,6-8H2,1H3;1-2H3/b14-9+,17-10?;12-8+,16-9?;;;/t15-;;;;/m0..../s1. The number of benzene rings is 3. The first-order valence-corrected chi connectivity index (χ1v) is 25.2. The Balaban J connectivity index is 0.000000159. The Morgan fingerprint density at radius 1 is 0.635 bits per heavy atom. The number of nitrogens with zero attached hydrogens (tertiary/aromatic N) is 9. The Bertz CT molecular complexity index is 2640. The number of carbonyl (C=O) groups excluding carboxylic acids is 2. The van der Waals surface area contributed by atoms with Crippen LogP contribution in [0.3, 0.4) is 0 Å². The van der Waals surface area contributed by atoms with Gasteiger partial charge in [-0.2, -0.15) is 10.2 Å². The van der Waals surface area contributed by atoms with Crippen LogP contribution in [0.4, 0.5) is 8.78 Å². The third-order valence-corrected chi connectivity index (χ3v) is 12.9. The summed E-state index contributed by atoms with van der Waals surface area (Å²) in [5.41, 5.74) is 21.5. The van der Waals surface area contributed by atoms with Crippen LogP contribution in [0.2, 0.25) is 0 Å². The average molecular weight is 1010 g/mol. The molecule has 2 saturated heterocycles. The van der Waals surface area contributed by atoms with Crippen LogP contribution < -0.4 is 11.5 Å². The van der Waals surface area contributed by atoms with E-state index in [1.165, 1.54) is 18.3 Å². The van der Waals surface area contributed by atoms with Gasteiger partial charge in [-0.05, 0) is 81.5 Å². The summed E-state index contributed by atoms with van der Waals surface area (Å²) in [5.74, 6) is -0.459. The maximum absolute atomic E-state index is 13.7. The number of aromatic nitrogens is 5. The Morgan fingerprint density at radius 2 is 1.09 bits per heavy atom. The lowest BCUT2D eigenvalue weighted by Crippen LogP contribution is -2.30. The molecule has 3 aromatic carbocycles. The van der Waals surface area contributed by atoms with Gasteiger partial charge in [-0.1, -0.05) is 74.5 Å². The summed E-state index contributed by atoms with van der Waals surface area (Å²) in [6.45, 7) is 14.8. The molecule has 1 unspecified atom stereocenters. The molecule has 0 radical (unpaired) electrons. The van der Waals surface area contributed by atoms with Gasteiger partial charge in [0.2, 0.25) is 12.8 Å². The van der Waals surface area contributed by atoms with Gasteiger partial charge < -0.3 is 30.7 Å². The zero-order valence-electron chi connectivity index (χ0n) is 42.9. The summed E-state index contributed by atoms with van der Waals surface area (Å²) in [7, 11) is 0. The second-order valence-corrected chi connectivity index (χ2v) is 17.4. The van der Waals surface area contributed by atoms with Crippen molar-refractivity contribution in [2.24, 2.45) is 21.5 Å². The Morgan fingerprint density at radius 3 is 1.53 bits per heavy atom. The van der Waals surface area contributed by atoms with Crippen molar-refractivity contribution in [2.75, 3.05) is 39.4 Å². The molecule has 15 nitrogen and oxygen atoms in total. The Kier molecular flexibility index (Phi) is 21.9. The minimum atomic E-state index is -0.230. The lowest BCUT2D eigenvalue weighted by molar-refractivity contribution is -0.119. The van der Waals surface area contributed by atoms with E-state index in [1.807, 2.05) is 108 Å². The van der Waals surface area contributed by atoms with E-state index in [9.17, 15) is 18.4 Å². The van der Waals surface area contributed by atoms with Gasteiger partial charge >= 0.3 is 0 Å². The molecule has 10 rings (SSSR count). The molecule has 0 spiro atoms. The molecule has 4 aliphatic rings. The van der Waals surface area contributed by atoms with Crippen molar-refractivity contribution in [3.05, 3.63) is 161 Å². The van der Waals surface area contributed by atoms with E-state index in [0.29, 0.717) is 50.6 Å². The zero-order valence-corrected chi connectivity index (χ0v) is 42.9. The van der Waals surface area contributed by atoms with Crippen molar-refractivity contribution < 1.29 is 27.8 Å². The van der Waals surface area contributed by atoms with Gasteiger partial charge in [0.05, 0.1) is 93.2 Å². The maximum atomic E-state index is 13.7.